The van der Waals surface area contributed by atoms with Gasteiger partial charge in [-0.25, -0.2) is 0 Å². The summed E-state index contributed by atoms with van der Waals surface area (Å²) in [5, 5.41) is 12.8. The van der Waals surface area contributed by atoms with Gasteiger partial charge < -0.3 is 4.42 Å². The first-order valence-corrected chi connectivity index (χ1v) is 16.8. The highest BCUT2D eigenvalue weighted by Crippen LogP contribution is 2.55. The topological polar surface area (TPSA) is 13.1 Å². The van der Waals surface area contributed by atoms with Crippen molar-refractivity contribution in [1.82, 2.24) is 0 Å². The number of rotatable bonds is 2. The molecule has 1 heteroatoms. The van der Waals surface area contributed by atoms with Gasteiger partial charge in [0, 0.05) is 16.2 Å². The lowest BCUT2D eigenvalue weighted by Gasteiger charge is -2.23. The third-order valence-corrected chi connectivity index (χ3v) is 11.1. The van der Waals surface area contributed by atoms with Crippen LogP contribution in [0.2, 0.25) is 0 Å². The Kier molecular flexibility index (Phi) is 4.97. The second-order valence-electron chi connectivity index (χ2n) is 14.1. The van der Waals surface area contributed by atoms with Crippen LogP contribution in [0.4, 0.5) is 0 Å². The molecule has 0 amide bonds. The van der Waals surface area contributed by atoms with Gasteiger partial charge >= 0.3 is 0 Å². The van der Waals surface area contributed by atoms with E-state index >= 15 is 0 Å². The molecule has 0 saturated heterocycles. The van der Waals surface area contributed by atoms with E-state index in [4.69, 9.17) is 4.42 Å². The van der Waals surface area contributed by atoms with E-state index in [1.54, 1.807) is 0 Å². The summed E-state index contributed by atoms with van der Waals surface area (Å²) in [5.41, 5.74) is 12.1. The lowest BCUT2D eigenvalue weighted by atomic mass is 9.80. The van der Waals surface area contributed by atoms with E-state index in [1.807, 2.05) is 6.07 Å². The molecular weight excluding hydrogens is 581 g/mol. The highest BCUT2D eigenvalue weighted by Gasteiger charge is 2.38. The fourth-order valence-corrected chi connectivity index (χ4v) is 8.74. The molecule has 10 aromatic rings. The zero-order chi connectivity index (χ0) is 31.7. The maximum absolute atomic E-state index is 6.26. The van der Waals surface area contributed by atoms with Crippen LogP contribution in [0.3, 0.4) is 0 Å². The number of benzene rings is 9. The first-order valence-electron chi connectivity index (χ1n) is 16.8. The fraction of sp³-hybridized carbons (Fsp3) is 0.0638. The Morgan fingerprint density at radius 2 is 1.02 bits per heavy atom. The van der Waals surface area contributed by atoms with E-state index in [9.17, 15) is 0 Å². The van der Waals surface area contributed by atoms with Gasteiger partial charge in [-0.1, -0.05) is 105 Å². The number of hydrogen-bond donors (Lipinski definition) is 0. The van der Waals surface area contributed by atoms with E-state index in [-0.39, 0.29) is 5.41 Å². The van der Waals surface area contributed by atoms with Crippen LogP contribution >= 0.6 is 0 Å². The average molecular weight is 611 g/mol. The molecule has 1 aliphatic rings. The summed E-state index contributed by atoms with van der Waals surface area (Å²) in [7, 11) is 0. The largest absolute Gasteiger partial charge is 0.456 e. The zero-order valence-electron chi connectivity index (χ0n) is 26.8. The lowest BCUT2D eigenvalue weighted by molar-refractivity contribution is 0.661. The summed E-state index contributed by atoms with van der Waals surface area (Å²) in [4.78, 5) is 0. The average Bonchev–Trinajstić information content (AvgIpc) is 3.60. The van der Waals surface area contributed by atoms with E-state index in [0.717, 1.165) is 21.9 Å². The molecule has 1 nitrogen and oxygen atoms in total. The quantitative estimate of drug-likeness (QED) is 0.178. The van der Waals surface area contributed by atoms with Gasteiger partial charge in [-0.15, -0.1) is 0 Å². The van der Waals surface area contributed by atoms with Crippen LogP contribution in [0.1, 0.15) is 25.0 Å². The third kappa shape index (κ3) is 3.46. The van der Waals surface area contributed by atoms with Crippen LogP contribution in [0, 0.1) is 0 Å². The number of hydrogen-bond acceptors (Lipinski definition) is 1. The monoisotopic (exact) mass is 610 g/mol. The number of furan rings is 1. The highest BCUT2D eigenvalue weighted by molar-refractivity contribution is 6.23. The van der Waals surface area contributed by atoms with Gasteiger partial charge in [-0.2, -0.15) is 0 Å². The van der Waals surface area contributed by atoms with Crippen molar-refractivity contribution in [2.24, 2.45) is 0 Å². The van der Waals surface area contributed by atoms with Gasteiger partial charge in [0.25, 0.3) is 0 Å². The second kappa shape index (κ2) is 9.12. The Labute approximate surface area is 278 Å². The molecule has 0 unspecified atom stereocenters. The minimum atomic E-state index is -0.165. The van der Waals surface area contributed by atoms with Gasteiger partial charge in [-0.05, 0) is 142 Å². The van der Waals surface area contributed by atoms with E-state index in [1.165, 1.54) is 87.6 Å². The van der Waals surface area contributed by atoms with Gasteiger partial charge in [0.2, 0.25) is 0 Å². The van der Waals surface area contributed by atoms with Crippen molar-refractivity contribution in [2.75, 3.05) is 0 Å². The molecule has 0 aliphatic heterocycles. The van der Waals surface area contributed by atoms with Crippen LogP contribution in [-0.2, 0) is 5.41 Å². The molecule has 0 N–H and O–H groups in total. The van der Waals surface area contributed by atoms with Crippen molar-refractivity contribution < 1.29 is 4.42 Å². The maximum atomic E-state index is 6.26. The summed E-state index contributed by atoms with van der Waals surface area (Å²) in [6, 6.07) is 54.2. The number of fused-ring (bicyclic) bond motifs is 7. The minimum absolute atomic E-state index is 0.165. The van der Waals surface area contributed by atoms with Crippen molar-refractivity contribution in [3.05, 3.63) is 157 Å². The first-order chi connectivity index (χ1) is 23.5. The molecule has 0 radical (unpaired) electrons. The second-order valence-corrected chi connectivity index (χ2v) is 14.1. The molecule has 0 spiro atoms. The van der Waals surface area contributed by atoms with Gasteiger partial charge in [0.05, 0.1) is 0 Å². The van der Waals surface area contributed by atoms with Crippen molar-refractivity contribution in [3.63, 3.8) is 0 Å². The van der Waals surface area contributed by atoms with Crippen molar-refractivity contribution >= 4 is 65.0 Å². The summed E-state index contributed by atoms with van der Waals surface area (Å²) in [6.07, 6.45) is 0. The van der Waals surface area contributed by atoms with Crippen LogP contribution < -0.4 is 0 Å². The first kappa shape index (κ1) is 26.2. The standard InChI is InChI=1S/C47H30O/c1-47(2)40-25-30-9-4-3-8-29(30)22-39(40)46-37(31-18-19-43-38(23-31)36-12-5-6-13-42(36)48-43)24-35(26-41(46)47)34-20-32-16-14-27-10-7-11-28-15-17-33(21-34)45(32)44(27)28/h3-26H,1-2H3. The van der Waals surface area contributed by atoms with Crippen LogP contribution in [-0.4, -0.2) is 0 Å². The summed E-state index contributed by atoms with van der Waals surface area (Å²) < 4.78 is 6.26. The highest BCUT2D eigenvalue weighted by atomic mass is 16.3. The normalized spacial score (nSPS) is 13.8. The Morgan fingerprint density at radius 3 is 1.81 bits per heavy atom. The van der Waals surface area contributed by atoms with Gasteiger partial charge in [0.1, 0.15) is 11.2 Å². The Morgan fingerprint density at radius 1 is 0.396 bits per heavy atom. The molecule has 224 valence electrons. The molecule has 0 atom stereocenters. The predicted molar refractivity (Wildman–Crippen MR) is 203 cm³/mol. The van der Waals surface area contributed by atoms with Crippen LogP contribution in [0.5, 0.6) is 0 Å². The maximum Gasteiger partial charge on any atom is 0.135 e. The Hall–Kier alpha value is -5.92. The summed E-state index contributed by atoms with van der Waals surface area (Å²) >= 11 is 0. The summed E-state index contributed by atoms with van der Waals surface area (Å²) in [6.45, 7) is 4.79. The minimum Gasteiger partial charge on any atom is -0.456 e. The van der Waals surface area contributed by atoms with Crippen LogP contribution in [0.15, 0.2) is 150 Å². The molecule has 0 fully saturated rings. The fourth-order valence-electron chi connectivity index (χ4n) is 8.74. The third-order valence-electron chi connectivity index (χ3n) is 11.1. The Bertz CT molecular complexity index is 2910. The molecule has 1 heterocycles. The van der Waals surface area contributed by atoms with Crippen molar-refractivity contribution in [2.45, 2.75) is 19.3 Å². The smallest absolute Gasteiger partial charge is 0.135 e. The molecule has 1 aliphatic carbocycles. The molecule has 0 saturated carbocycles. The van der Waals surface area contributed by atoms with Gasteiger partial charge in [-0.3, -0.25) is 0 Å². The molecule has 48 heavy (non-hydrogen) atoms. The van der Waals surface area contributed by atoms with E-state index < -0.39 is 0 Å². The van der Waals surface area contributed by atoms with Gasteiger partial charge in [0.15, 0.2) is 0 Å². The Balaban J connectivity index is 1.22. The van der Waals surface area contributed by atoms with E-state index in [0.29, 0.717) is 0 Å². The SMILES string of the molecule is CC1(C)c2cc3ccccc3cc2-c2c(-c3ccc4oc5ccccc5c4c3)cc(-c3cc4ccc5cccc6ccc(c3)c4c56)cc21. The summed E-state index contributed by atoms with van der Waals surface area (Å²) in [5.74, 6) is 0. The van der Waals surface area contributed by atoms with Crippen molar-refractivity contribution in [1.29, 1.82) is 0 Å². The van der Waals surface area contributed by atoms with Crippen molar-refractivity contribution in [3.8, 4) is 33.4 Å². The molecule has 11 rings (SSSR count). The molecular formula is C47H30O. The van der Waals surface area contributed by atoms with E-state index in [2.05, 4.69) is 153 Å². The molecule has 0 bridgehead atoms. The zero-order valence-corrected chi connectivity index (χ0v) is 26.8. The lowest BCUT2D eigenvalue weighted by Crippen LogP contribution is -2.15. The number of para-hydroxylation sites is 1. The molecule has 9 aromatic carbocycles. The van der Waals surface area contributed by atoms with Crippen LogP contribution in [0.25, 0.3) is 98.4 Å². The molecule has 1 aromatic heterocycles. The predicted octanol–water partition coefficient (Wildman–Crippen LogP) is 13.3.